The van der Waals surface area contributed by atoms with E-state index >= 15 is 0 Å². The molecule has 1 aromatic carbocycles. The van der Waals surface area contributed by atoms with Gasteiger partial charge in [-0.15, -0.1) is 10.2 Å². The van der Waals surface area contributed by atoms with E-state index in [1.807, 2.05) is 30.5 Å². The number of halogens is 1. The van der Waals surface area contributed by atoms with Gasteiger partial charge in [0.15, 0.2) is 11.0 Å². The maximum atomic E-state index is 13.1. The third kappa shape index (κ3) is 5.20. The van der Waals surface area contributed by atoms with Gasteiger partial charge in [0.05, 0.1) is 11.3 Å². The van der Waals surface area contributed by atoms with Crippen LogP contribution in [0, 0.1) is 5.82 Å². The Morgan fingerprint density at radius 1 is 1.14 bits per heavy atom. The zero-order chi connectivity index (χ0) is 20.8. The second-order valence-corrected chi connectivity index (χ2v) is 8.04. The van der Waals surface area contributed by atoms with E-state index in [4.69, 9.17) is 0 Å². The number of carbonyl (C=O) groups is 1. The molecule has 0 fully saturated rings. The minimum Gasteiger partial charge on any atom is -0.349 e. The van der Waals surface area contributed by atoms with Crippen LogP contribution >= 0.6 is 11.8 Å². The van der Waals surface area contributed by atoms with Crippen molar-refractivity contribution in [2.75, 3.05) is 0 Å². The van der Waals surface area contributed by atoms with Crippen molar-refractivity contribution in [2.45, 2.75) is 50.2 Å². The summed E-state index contributed by atoms with van der Waals surface area (Å²) in [5.74, 6) is 0.365. The summed E-state index contributed by atoms with van der Waals surface area (Å²) in [5.41, 5.74) is 1.79. The van der Waals surface area contributed by atoms with Crippen LogP contribution < -0.4 is 5.32 Å². The summed E-state index contributed by atoms with van der Waals surface area (Å²) in [6.07, 6.45) is 4.37. The number of aromatic nitrogens is 4. The first-order valence-electron chi connectivity index (χ1n) is 9.55. The van der Waals surface area contributed by atoms with Crippen LogP contribution in [-0.4, -0.2) is 30.9 Å². The molecule has 0 aliphatic heterocycles. The summed E-state index contributed by atoms with van der Waals surface area (Å²) in [7, 11) is 0. The Bertz CT molecular complexity index is 945. The van der Waals surface area contributed by atoms with Crippen molar-refractivity contribution in [2.24, 2.45) is 0 Å². The van der Waals surface area contributed by atoms with Gasteiger partial charge in [-0.2, -0.15) is 0 Å². The molecule has 1 N–H and O–H groups in total. The lowest BCUT2D eigenvalue weighted by molar-refractivity contribution is -0.120. The number of hydrogen-bond donors (Lipinski definition) is 1. The van der Waals surface area contributed by atoms with Crippen LogP contribution in [0.5, 0.6) is 0 Å². The highest BCUT2D eigenvalue weighted by atomic mass is 32.2. The lowest BCUT2D eigenvalue weighted by atomic mass is 10.1. The normalized spacial score (nSPS) is 13.1. The van der Waals surface area contributed by atoms with Gasteiger partial charge in [-0.25, -0.2) is 4.39 Å². The quantitative estimate of drug-likeness (QED) is 0.559. The number of rotatable bonds is 8. The van der Waals surface area contributed by atoms with Crippen molar-refractivity contribution in [3.8, 4) is 11.4 Å². The predicted octanol–water partition coefficient (Wildman–Crippen LogP) is 4.25. The first-order chi connectivity index (χ1) is 14.0. The molecule has 1 amide bonds. The largest absolute Gasteiger partial charge is 0.349 e. The van der Waals surface area contributed by atoms with Gasteiger partial charge in [0.2, 0.25) is 5.91 Å². The first kappa shape index (κ1) is 21.0. The molecule has 3 aromatic rings. The van der Waals surface area contributed by atoms with Crippen LogP contribution in [0.15, 0.2) is 53.9 Å². The van der Waals surface area contributed by atoms with E-state index in [-0.39, 0.29) is 23.0 Å². The van der Waals surface area contributed by atoms with Crippen LogP contribution in [0.3, 0.4) is 0 Å². The third-order valence-corrected chi connectivity index (χ3v) is 5.56. The highest BCUT2D eigenvalue weighted by molar-refractivity contribution is 8.00. The number of amides is 1. The molecule has 0 bridgehead atoms. The van der Waals surface area contributed by atoms with Crippen molar-refractivity contribution in [1.82, 2.24) is 25.1 Å². The highest BCUT2D eigenvalue weighted by Crippen LogP contribution is 2.27. The number of hydrogen-bond acceptors (Lipinski definition) is 5. The summed E-state index contributed by atoms with van der Waals surface area (Å²) in [5, 5.41) is 12.0. The second kappa shape index (κ2) is 9.65. The van der Waals surface area contributed by atoms with Crippen LogP contribution in [0.4, 0.5) is 4.39 Å². The molecular formula is C21H24FN5OS. The van der Waals surface area contributed by atoms with Gasteiger partial charge in [0.25, 0.3) is 0 Å². The Balaban J connectivity index is 1.71. The molecular weight excluding hydrogens is 389 g/mol. The van der Waals surface area contributed by atoms with Crippen molar-refractivity contribution in [3.63, 3.8) is 0 Å². The molecule has 6 nitrogen and oxygen atoms in total. The fraction of sp³-hybridized carbons (Fsp3) is 0.333. The number of thioether (sulfide) groups is 1. The molecule has 0 aliphatic rings. The Morgan fingerprint density at radius 2 is 1.83 bits per heavy atom. The number of nitrogens with one attached hydrogen (secondary N) is 1. The molecule has 2 unspecified atom stereocenters. The van der Waals surface area contributed by atoms with Gasteiger partial charge >= 0.3 is 0 Å². The average Bonchev–Trinajstić information content (AvgIpc) is 3.11. The Kier molecular flexibility index (Phi) is 6.98. The Labute approximate surface area is 174 Å². The van der Waals surface area contributed by atoms with Gasteiger partial charge in [-0.3, -0.25) is 9.78 Å². The summed E-state index contributed by atoms with van der Waals surface area (Å²) in [6.45, 7) is 6.57. The molecule has 2 atom stereocenters. The number of carbonyl (C=O) groups excluding carboxylic acids is 1. The van der Waals surface area contributed by atoms with Crippen molar-refractivity contribution in [3.05, 3.63) is 60.2 Å². The van der Waals surface area contributed by atoms with Crippen LogP contribution in [-0.2, 0) is 11.3 Å². The van der Waals surface area contributed by atoms with E-state index in [9.17, 15) is 9.18 Å². The number of benzene rings is 1. The molecule has 0 spiro atoms. The molecule has 152 valence electrons. The molecule has 0 saturated heterocycles. The molecule has 3 rings (SSSR count). The standard InChI is InChI=1S/C21H24FN5OS/c1-4-13-27-19(17-9-11-23-12-10-17)25-26-21(27)29-15(3)20(28)24-14(2)16-5-7-18(22)8-6-16/h5-12,14-15H,4,13H2,1-3H3,(H,24,28). The summed E-state index contributed by atoms with van der Waals surface area (Å²) >= 11 is 1.38. The molecule has 8 heteroatoms. The number of nitrogens with zero attached hydrogens (tertiary/aromatic N) is 4. The van der Waals surface area contributed by atoms with Crippen molar-refractivity contribution >= 4 is 17.7 Å². The topological polar surface area (TPSA) is 72.7 Å². The van der Waals surface area contributed by atoms with Gasteiger partial charge in [-0.05, 0) is 50.1 Å². The van der Waals surface area contributed by atoms with Gasteiger partial charge < -0.3 is 9.88 Å². The van der Waals surface area contributed by atoms with Crippen molar-refractivity contribution in [1.29, 1.82) is 0 Å². The van der Waals surface area contributed by atoms with Gasteiger partial charge in [-0.1, -0.05) is 30.8 Å². The zero-order valence-corrected chi connectivity index (χ0v) is 17.5. The van der Waals surface area contributed by atoms with Crippen LogP contribution in [0.1, 0.15) is 38.8 Å². The Morgan fingerprint density at radius 3 is 2.48 bits per heavy atom. The van der Waals surface area contributed by atoms with Crippen LogP contribution in [0.2, 0.25) is 0 Å². The summed E-state index contributed by atoms with van der Waals surface area (Å²) in [4.78, 5) is 16.7. The summed E-state index contributed by atoms with van der Waals surface area (Å²) in [6, 6.07) is 9.71. The summed E-state index contributed by atoms with van der Waals surface area (Å²) < 4.78 is 15.1. The molecule has 0 radical (unpaired) electrons. The lowest BCUT2D eigenvalue weighted by Gasteiger charge is -2.18. The predicted molar refractivity (Wildman–Crippen MR) is 112 cm³/mol. The Hall–Kier alpha value is -2.74. The van der Waals surface area contributed by atoms with Gasteiger partial charge in [0, 0.05) is 24.5 Å². The maximum absolute atomic E-state index is 13.1. The average molecular weight is 414 g/mol. The zero-order valence-electron chi connectivity index (χ0n) is 16.7. The van der Waals surface area contributed by atoms with Crippen LogP contribution in [0.25, 0.3) is 11.4 Å². The molecule has 0 saturated carbocycles. The third-order valence-electron chi connectivity index (χ3n) is 4.48. The second-order valence-electron chi connectivity index (χ2n) is 6.74. The van der Waals surface area contributed by atoms with E-state index in [1.165, 1.54) is 23.9 Å². The molecule has 2 aromatic heterocycles. The molecule has 2 heterocycles. The van der Waals surface area contributed by atoms with E-state index in [2.05, 4.69) is 27.4 Å². The van der Waals surface area contributed by atoms with Crippen molar-refractivity contribution < 1.29 is 9.18 Å². The monoisotopic (exact) mass is 413 g/mol. The fourth-order valence-electron chi connectivity index (χ4n) is 2.89. The van der Waals surface area contributed by atoms with E-state index in [0.29, 0.717) is 5.16 Å². The SMILES string of the molecule is CCCn1c(SC(C)C(=O)NC(C)c2ccc(F)cc2)nnc1-c1ccncc1. The highest BCUT2D eigenvalue weighted by Gasteiger charge is 2.22. The van der Waals surface area contributed by atoms with E-state index in [0.717, 1.165) is 29.9 Å². The molecule has 29 heavy (non-hydrogen) atoms. The van der Waals surface area contributed by atoms with Gasteiger partial charge in [0.1, 0.15) is 5.82 Å². The molecule has 0 aliphatic carbocycles. The fourth-order valence-corrected chi connectivity index (χ4v) is 3.78. The lowest BCUT2D eigenvalue weighted by Crippen LogP contribution is -2.33. The number of pyridine rings is 1. The minimum atomic E-state index is -0.358. The van der Waals surface area contributed by atoms with E-state index < -0.39 is 0 Å². The first-order valence-corrected chi connectivity index (χ1v) is 10.4. The minimum absolute atomic E-state index is 0.108. The smallest absolute Gasteiger partial charge is 0.233 e. The maximum Gasteiger partial charge on any atom is 0.233 e. The van der Waals surface area contributed by atoms with E-state index in [1.54, 1.807) is 24.5 Å².